The first-order valence-corrected chi connectivity index (χ1v) is 14.3. The smallest absolute Gasteiger partial charge is 0.255 e. The van der Waals surface area contributed by atoms with Crippen LogP contribution >= 0.6 is 0 Å². The number of carbonyl (C=O) groups is 3. The first-order chi connectivity index (χ1) is 19.5. The fraction of sp³-hybridized carbons (Fsp3) is 0.419. The summed E-state index contributed by atoms with van der Waals surface area (Å²) in [5.74, 6) is 0.481. The summed E-state index contributed by atoms with van der Waals surface area (Å²) < 4.78 is 8.47. The number of piperidine rings is 1. The summed E-state index contributed by atoms with van der Waals surface area (Å²) >= 11 is 0. The molecule has 4 aliphatic rings. The number of benzene rings is 2. The second kappa shape index (κ2) is 10.2. The molecular weight excluding hydrogens is 506 g/mol. The number of rotatable bonds is 6. The van der Waals surface area contributed by atoms with Crippen LogP contribution in [0.3, 0.4) is 0 Å². The van der Waals surface area contributed by atoms with Gasteiger partial charge in [-0.15, -0.1) is 0 Å². The van der Waals surface area contributed by atoms with Crippen molar-refractivity contribution in [1.29, 1.82) is 0 Å². The van der Waals surface area contributed by atoms with E-state index in [0.29, 0.717) is 30.5 Å². The van der Waals surface area contributed by atoms with E-state index < -0.39 is 6.04 Å². The highest BCUT2D eigenvalue weighted by molar-refractivity contribution is 6.05. The third-order valence-corrected chi connectivity index (χ3v) is 8.96. The van der Waals surface area contributed by atoms with Gasteiger partial charge in [0.15, 0.2) is 0 Å². The summed E-state index contributed by atoms with van der Waals surface area (Å²) in [5, 5.41) is 6.68. The predicted octanol–water partition coefficient (Wildman–Crippen LogP) is 3.42. The minimum absolute atomic E-state index is 0.110. The molecule has 9 heteroatoms. The van der Waals surface area contributed by atoms with Crippen molar-refractivity contribution in [3.63, 3.8) is 0 Å². The maximum atomic E-state index is 13.0. The number of ether oxygens (including phenoxy) is 1. The van der Waals surface area contributed by atoms with Gasteiger partial charge in [-0.2, -0.15) is 5.10 Å². The Bertz CT molecular complexity index is 1430. The molecule has 1 aliphatic carbocycles. The lowest BCUT2D eigenvalue weighted by Gasteiger charge is -2.48. The highest BCUT2D eigenvalue weighted by atomic mass is 16.5. The van der Waals surface area contributed by atoms with E-state index >= 15 is 0 Å². The fourth-order valence-corrected chi connectivity index (χ4v) is 6.75. The lowest BCUT2D eigenvalue weighted by molar-refractivity contribution is -0.136. The molecule has 3 atom stereocenters. The van der Waals surface area contributed by atoms with E-state index in [0.717, 1.165) is 49.4 Å². The zero-order valence-electron chi connectivity index (χ0n) is 22.4. The lowest BCUT2D eigenvalue weighted by Crippen LogP contribution is -2.57. The Balaban J connectivity index is 0.992. The summed E-state index contributed by atoms with van der Waals surface area (Å²) in [5.41, 5.74) is 3.93. The average molecular weight is 540 g/mol. The summed E-state index contributed by atoms with van der Waals surface area (Å²) in [7, 11) is 0. The van der Waals surface area contributed by atoms with Crippen LogP contribution in [-0.4, -0.2) is 68.6 Å². The van der Waals surface area contributed by atoms with Gasteiger partial charge in [-0.3, -0.25) is 24.6 Å². The molecule has 3 fully saturated rings. The van der Waals surface area contributed by atoms with Crippen molar-refractivity contribution in [2.24, 2.45) is 0 Å². The van der Waals surface area contributed by atoms with E-state index in [1.54, 1.807) is 11.1 Å². The Kier molecular flexibility index (Phi) is 6.38. The summed E-state index contributed by atoms with van der Waals surface area (Å²) in [6.07, 6.45) is 8.98. The van der Waals surface area contributed by atoms with E-state index in [1.807, 2.05) is 35.1 Å². The number of hydrogen-bond donors (Lipinski definition) is 1. The van der Waals surface area contributed by atoms with Gasteiger partial charge in [-0.25, -0.2) is 4.68 Å². The number of hydrogen-bond acceptors (Lipinski definition) is 6. The highest BCUT2D eigenvalue weighted by Crippen LogP contribution is 2.37. The second-order valence-electron chi connectivity index (χ2n) is 11.4. The molecule has 2 saturated heterocycles. The second-order valence-corrected chi connectivity index (χ2v) is 11.4. The molecule has 0 spiro atoms. The van der Waals surface area contributed by atoms with E-state index in [4.69, 9.17) is 4.74 Å². The molecule has 7 rings (SSSR count). The number of nitrogens with one attached hydrogen (secondary N) is 1. The fourth-order valence-electron chi connectivity index (χ4n) is 6.75. The van der Waals surface area contributed by atoms with Gasteiger partial charge in [-0.1, -0.05) is 18.6 Å². The van der Waals surface area contributed by atoms with Crippen molar-refractivity contribution >= 4 is 17.7 Å². The molecule has 4 heterocycles. The molecule has 1 unspecified atom stereocenters. The third-order valence-electron chi connectivity index (χ3n) is 8.96. The van der Waals surface area contributed by atoms with Gasteiger partial charge in [0.05, 0.1) is 5.69 Å². The Morgan fingerprint density at radius 3 is 2.55 bits per heavy atom. The van der Waals surface area contributed by atoms with Gasteiger partial charge < -0.3 is 9.64 Å². The molecule has 40 heavy (non-hydrogen) atoms. The van der Waals surface area contributed by atoms with Crippen LogP contribution in [0.1, 0.15) is 65.9 Å². The summed E-state index contributed by atoms with van der Waals surface area (Å²) in [6, 6.07) is 16.1. The summed E-state index contributed by atoms with van der Waals surface area (Å²) in [6.45, 7) is 2.43. The van der Waals surface area contributed by atoms with Crippen LogP contribution in [0, 0.1) is 0 Å². The Labute approximate surface area is 233 Å². The van der Waals surface area contributed by atoms with Crippen LogP contribution in [0.25, 0.3) is 5.69 Å². The number of aromatic nitrogens is 2. The molecule has 3 aliphatic heterocycles. The van der Waals surface area contributed by atoms with Crippen LogP contribution in [-0.2, 0) is 16.1 Å². The van der Waals surface area contributed by atoms with Gasteiger partial charge in [-0.05, 0) is 73.2 Å². The van der Waals surface area contributed by atoms with Gasteiger partial charge in [0.25, 0.3) is 5.91 Å². The van der Waals surface area contributed by atoms with Crippen molar-refractivity contribution < 1.29 is 19.1 Å². The van der Waals surface area contributed by atoms with Crippen LogP contribution in [0.15, 0.2) is 60.9 Å². The normalized spacial score (nSPS) is 25.4. The number of amides is 3. The molecule has 2 aromatic carbocycles. The molecule has 206 valence electrons. The zero-order valence-corrected chi connectivity index (χ0v) is 22.4. The quantitative estimate of drug-likeness (QED) is 0.483. The Morgan fingerprint density at radius 2 is 1.77 bits per heavy atom. The highest BCUT2D eigenvalue weighted by Gasteiger charge is 2.41. The van der Waals surface area contributed by atoms with E-state index in [1.165, 1.54) is 12.0 Å². The van der Waals surface area contributed by atoms with Crippen LogP contribution in [0.5, 0.6) is 5.75 Å². The first-order valence-electron chi connectivity index (χ1n) is 14.3. The first kappa shape index (κ1) is 25.0. The van der Waals surface area contributed by atoms with Gasteiger partial charge in [0.2, 0.25) is 11.8 Å². The van der Waals surface area contributed by atoms with Crippen LogP contribution in [0.2, 0.25) is 0 Å². The number of likely N-dealkylation sites (tertiary alicyclic amines) is 1. The van der Waals surface area contributed by atoms with E-state index in [-0.39, 0.29) is 30.2 Å². The van der Waals surface area contributed by atoms with Crippen LogP contribution < -0.4 is 10.1 Å². The standard InChI is InChI=1S/C31H33N5O4/c37-29-13-12-27(30(38)33-29)35-19-21-16-24(10-11-25(21)31(35)39)40-28-5-2-1-4-26(28)34-17-22(18-34)20-6-8-23(9-7-20)36-15-3-14-32-36/h3,6-11,14-16,22,26-28H,1-2,4-5,12-13,17-19H2,(H,33,37,38)/t26-,27?,28-/m0/s1. The molecule has 3 aromatic rings. The topological polar surface area (TPSA) is 96.8 Å². The van der Waals surface area contributed by atoms with Crippen molar-refractivity contribution in [3.05, 3.63) is 77.6 Å². The van der Waals surface area contributed by atoms with Crippen molar-refractivity contribution in [2.75, 3.05) is 13.1 Å². The molecule has 3 amide bonds. The van der Waals surface area contributed by atoms with Crippen molar-refractivity contribution in [1.82, 2.24) is 24.9 Å². The minimum atomic E-state index is -0.606. The number of nitrogens with zero attached hydrogens (tertiary/aromatic N) is 4. The Morgan fingerprint density at radius 1 is 0.950 bits per heavy atom. The molecule has 0 bridgehead atoms. The third kappa shape index (κ3) is 4.58. The number of carbonyl (C=O) groups excluding carboxylic acids is 3. The SMILES string of the molecule is O=C1CCC(N2Cc3cc(O[C@H]4CCCC[C@@H]4N4CC(c5ccc(-n6cccn6)cc5)C4)ccc3C2=O)C(=O)N1. The van der Waals surface area contributed by atoms with Gasteiger partial charge in [0, 0.05) is 56.0 Å². The molecule has 9 nitrogen and oxygen atoms in total. The predicted molar refractivity (Wildman–Crippen MR) is 147 cm³/mol. The molecular formula is C31H33N5O4. The average Bonchev–Trinajstić information content (AvgIpc) is 3.58. The number of fused-ring (bicyclic) bond motifs is 1. The molecule has 0 radical (unpaired) electrons. The zero-order chi connectivity index (χ0) is 27.2. The lowest BCUT2D eigenvalue weighted by atomic mass is 9.84. The summed E-state index contributed by atoms with van der Waals surface area (Å²) in [4.78, 5) is 41.1. The minimum Gasteiger partial charge on any atom is -0.489 e. The largest absolute Gasteiger partial charge is 0.489 e. The monoisotopic (exact) mass is 539 g/mol. The molecule has 1 aromatic heterocycles. The maximum absolute atomic E-state index is 13.0. The van der Waals surface area contributed by atoms with Gasteiger partial charge >= 0.3 is 0 Å². The van der Waals surface area contributed by atoms with Crippen LogP contribution in [0.4, 0.5) is 0 Å². The van der Waals surface area contributed by atoms with E-state index in [9.17, 15) is 14.4 Å². The molecule has 1 N–H and O–H groups in total. The van der Waals surface area contributed by atoms with Gasteiger partial charge in [0.1, 0.15) is 17.9 Å². The van der Waals surface area contributed by atoms with Crippen molar-refractivity contribution in [3.8, 4) is 11.4 Å². The van der Waals surface area contributed by atoms with E-state index in [2.05, 4.69) is 39.6 Å². The molecule has 1 saturated carbocycles. The van der Waals surface area contributed by atoms with Crippen molar-refractivity contribution in [2.45, 2.75) is 69.2 Å². The number of imide groups is 1. The Hall–Kier alpha value is -3.98. The maximum Gasteiger partial charge on any atom is 0.255 e.